The number of hydrogen-bond donors (Lipinski definition) is 1. The first-order chi connectivity index (χ1) is 9.83. The van der Waals surface area contributed by atoms with Gasteiger partial charge in [-0.25, -0.2) is 0 Å². The van der Waals surface area contributed by atoms with E-state index >= 15 is 0 Å². The van der Waals surface area contributed by atoms with Gasteiger partial charge in [0, 0.05) is 26.3 Å². The Kier molecular flexibility index (Phi) is 6.08. The summed E-state index contributed by atoms with van der Waals surface area (Å²) >= 11 is 5.51. The maximum absolute atomic E-state index is 5.74. The minimum Gasteiger partial charge on any atom is -0.491 e. The third-order valence-electron chi connectivity index (χ3n) is 3.13. The Hall–Kier alpha value is -1.33. The molecule has 0 aromatic heterocycles. The zero-order valence-corrected chi connectivity index (χ0v) is 12.7. The van der Waals surface area contributed by atoms with Crippen LogP contribution in [0.25, 0.3) is 0 Å². The van der Waals surface area contributed by atoms with E-state index in [2.05, 4.69) is 16.3 Å². The topological polar surface area (TPSA) is 33.7 Å². The van der Waals surface area contributed by atoms with Gasteiger partial charge in [0.2, 0.25) is 0 Å². The molecule has 2 rings (SSSR count). The summed E-state index contributed by atoms with van der Waals surface area (Å²) in [5.41, 5.74) is 1.05. The molecular weight excluding hydrogens is 272 g/mol. The van der Waals surface area contributed by atoms with Crippen LogP contribution >= 0.6 is 12.2 Å². The van der Waals surface area contributed by atoms with Crippen LogP contribution < -0.4 is 15.0 Å². The molecule has 0 aliphatic carbocycles. The van der Waals surface area contributed by atoms with Gasteiger partial charge >= 0.3 is 0 Å². The number of para-hydroxylation sites is 2. The fourth-order valence-electron chi connectivity index (χ4n) is 2.15. The van der Waals surface area contributed by atoms with E-state index in [9.17, 15) is 0 Å². The largest absolute Gasteiger partial charge is 0.491 e. The third kappa shape index (κ3) is 4.08. The zero-order chi connectivity index (χ0) is 14.2. The smallest absolute Gasteiger partial charge is 0.173 e. The fourth-order valence-corrected chi connectivity index (χ4v) is 2.44. The Labute approximate surface area is 126 Å². The average molecular weight is 294 g/mol. The van der Waals surface area contributed by atoms with E-state index in [1.807, 2.05) is 25.1 Å². The number of fused-ring (bicyclic) bond motifs is 1. The number of ether oxygens (including phenoxy) is 2. The summed E-state index contributed by atoms with van der Waals surface area (Å²) in [6, 6.07) is 8.04. The SMILES string of the molecule is CCOCCCNC(=S)N1CCCOc2ccccc21. The lowest BCUT2D eigenvalue weighted by Crippen LogP contribution is -2.40. The molecule has 0 radical (unpaired) electrons. The van der Waals surface area contributed by atoms with Gasteiger partial charge in [0.1, 0.15) is 5.75 Å². The van der Waals surface area contributed by atoms with E-state index in [1.54, 1.807) is 0 Å². The van der Waals surface area contributed by atoms with E-state index < -0.39 is 0 Å². The van der Waals surface area contributed by atoms with Crippen molar-refractivity contribution in [3.05, 3.63) is 24.3 Å². The summed E-state index contributed by atoms with van der Waals surface area (Å²) in [7, 11) is 0. The molecule has 1 aliphatic heterocycles. The van der Waals surface area contributed by atoms with Crippen molar-refractivity contribution in [1.29, 1.82) is 0 Å². The molecule has 4 nitrogen and oxygen atoms in total. The van der Waals surface area contributed by atoms with E-state index in [0.717, 1.165) is 62.3 Å². The molecule has 20 heavy (non-hydrogen) atoms. The van der Waals surface area contributed by atoms with Crippen molar-refractivity contribution < 1.29 is 9.47 Å². The number of thiocarbonyl (C=S) groups is 1. The van der Waals surface area contributed by atoms with E-state index in [1.165, 1.54) is 0 Å². The molecule has 0 spiro atoms. The Bertz CT molecular complexity index is 440. The highest BCUT2D eigenvalue weighted by Crippen LogP contribution is 2.30. The molecule has 0 unspecified atom stereocenters. The highest BCUT2D eigenvalue weighted by Gasteiger charge is 2.18. The predicted octanol–water partition coefficient (Wildman–Crippen LogP) is 2.58. The van der Waals surface area contributed by atoms with Gasteiger partial charge in [-0.2, -0.15) is 0 Å². The molecule has 0 atom stereocenters. The van der Waals surface area contributed by atoms with E-state index in [4.69, 9.17) is 21.7 Å². The van der Waals surface area contributed by atoms with Crippen LogP contribution in [0.15, 0.2) is 24.3 Å². The van der Waals surface area contributed by atoms with Gasteiger partial charge in [-0.05, 0) is 44.1 Å². The molecule has 0 fully saturated rings. The normalized spacial score (nSPS) is 14.2. The van der Waals surface area contributed by atoms with Crippen molar-refractivity contribution in [3.8, 4) is 5.75 Å². The van der Waals surface area contributed by atoms with Gasteiger partial charge in [-0.15, -0.1) is 0 Å². The lowest BCUT2D eigenvalue weighted by molar-refractivity contribution is 0.146. The van der Waals surface area contributed by atoms with E-state index in [0.29, 0.717) is 0 Å². The Morgan fingerprint density at radius 1 is 1.45 bits per heavy atom. The number of rotatable bonds is 5. The molecule has 0 saturated carbocycles. The molecule has 1 N–H and O–H groups in total. The monoisotopic (exact) mass is 294 g/mol. The number of hydrogen-bond acceptors (Lipinski definition) is 3. The second kappa shape index (κ2) is 8.07. The van der Waals surface area contributed by atoms with Crippen LogP contribution in [0.2, 0.25) is 0 Å². The maximum Gasteiger partial charge on any atom is 0.173 e. The second-order valence-electron chi connectivity index (χ2n) is 4.60. The van der Waals surface area contributed by atoms with Crippen LogP contribution in [0.3, 0.4) is 0 Å². The number of benzene rings is 1. The summed E-state index contributed by atoms with van der Waals surface area (Å²) < 4.78 is 11.1. The average Bonchev–Trinajstić information content (AvgIpc) is 2.69. The van der Waals surface area contributed by atoms with Gasteiger partial charge in [0.05, 0.1) is 12.3 Å². The highest BCUT2D eigenvalue weighted by molar-refractivity contribution is 7.80. The van der Waals surface area contributed by atoms with Crippen molar-refractivity contribution in [2.75, 3.05) is 37.8 Å². The van der Waals surface area contributed by atoms with Crippen LogP contribution in [0, 0.1) is 0 Å². The van der Waals surface area contributed by atoms with Crippen molar-refractivity contribution in [1.82, 2.24) is 5.32 Å². The summed E-state index contributed by atoms with van der Waals surface area (Å²) in [5, 5.41) is 4.07. The number of anilines is 1. The highest BCUT2D eigenvalue weighted by atomic mass is 32.1. The maximum atomic E-state index is 5.74. The predicted molar refractivity (Wildman–Crippen MR) is 85.6 cm³/mol. The summed E-state index contributed by atoms with van der Waals surface area (Å²) in [6.07, 6.45) is 1.93. The quantitative estimate of drug-likeness (QED) is 0.667. The van der Waals surface area contributed by atoms with Gasteiger partial charge in [0.25, 0.3) is 0 Å². The molecule has 0 bridgehead atoms. The van der Waals surface area contributed by atoms with Gasteiger partial charge < -0.3 is 19.7 Å². The zero-order valence-electron chi connectivity index (χ0n) is 11.9. The van der Waals surface area contributed by atoms with E-state index in [-0.39, 0.29) is 0 Å². The second-order valence-corrected chi connectivity index (χ2v) is 4.99. The summed E-state index contributed by atoms with van der Waals surface area (Å²) in [6.45, 7) is 5.99. The Morgan fingerprint density at radius 2 is 2.30 bits per heavy atom. The number of nitrogens with zero attached hydrogens (tertiary/aromatic N) is 1. The molecule has 5 heteroatoms. The Morgan fingerprint density at radius 3 is 3.15 bits per heavy atom. The summed E-state index contributed by atoms with van der Waals surface area (Å²) in [4.78, 5) is 2.12. The van der Waals surface area contributed by atoms with Gasteiger partial charge in [-0.1, -0.05) is 12.1 Å². The number of nitrogens with one attached hydrogen (secondary N) is 1. The molecule has 0 amide bonds. The third-order valence-corrected chi connectivity index (χ3v) is 3.50. The molecular formula is C15H22N2O2S. The van der Waals surface area contributed by atoms with Crippen molar-refractivity contribution in [2.45, 2.75) is 19.8 Å². The lowest BCUT2D eigenvalue weighted by atomic mass is 10.2. The first-order valence-corrected chi connectivity index (χ1v) is 7.58. The van der Waals surface area contributed by atoms with Crippen LogP contribution in [0.4, 0.5) is 5.69 Å². The molecule has 1 aromatic carbocycles. The van der Waals surface area contributed by atoms with Crippen LogP contribution in [0.5, 0.6) is 5.75 Å². The summed E-state index contributed by atoms with van der Waals surface area (Å²) in [5.74, 6) is 0.906. The first kappa shape index (κ1) is 15.1. The Balaban J connectivity index is 1.92. The lowest BCUT2D eigenvalue weighted by Gasteiger charge is -2.25. The molecule has 0 saturated heterocycles. The molecule has 1 aliphatic rings. The van der Waals surface area contributed by atoms with Gasteiger partial charge in [-0.3, -0.25) is 0 Å². The standard InChI is InChI=1S/C15H22N2O2S/c1-2-18-11-5-9-16-15(20)17-10-6-12-19-14-8-4-3-7-13(14)17/h3-4,7-8H,2,5-6,9-12H2,1H3,(H,16,20). The molecule has 1 heterocycles. The van der Waals surface area contributed by atoms with Gasteiger partial charge in [0.15, 0.2) is 5.11 Å². The minimum atomic E-state index is 0.737. The van der Waals surface area contributed by atoms with Crippen molar-refractivity contribution >= 4 is 23.0 Å². The fraction of sp³-hybridized carbons (Fsp3) is 0.533. The van der Waals surface area contributed by atoms with Crippen molar-refractivity contribution in [2.24, 2.45) is 0 Å². The molecule has 1 aromatic rings. The minimum absolute atomic E-state index is 0.737. The van der Waals surface area contributed by atoms with Crippen LogP contribution in [-0.4, -0.2) is 38.0 Å². The van der Waals surface area contributed by atoms with Crippen LogP contribution in [0.1, 0.15) is 19.8 Å². The van der Waals surface area contributed by atoms with Crippen LogP contribution in [-0.2, 0) is 4.74 Å². The molecule has 110 valence electrons. The first-order valence-electron chi connectivity index (χ1n) is 7.18. The van der Waals surface area contributed by atoms with Crippen molar-refractivity contribution in [3.63, 3.8) is 0 Å².